The third kappa shape index (κ3) is 3.08. The number of aromatic amines is 1. The first-order valence-corrected chi connectivity index (χ1v) is 11.4. The van der Waals surface area contributed by atoms with Crippen LogP contribution in [0.3, 0.4) is 0 Å². The third-order valence-corrected chi connectivity index (χ3v) is 7.85. The van der Waals surface area contributed by atoms with E-state index in [2.05, 4.69) is 39.3 Å². The zero-order valence-corrected chi connectivity index (χ0v) is 18.0. The molecule has 6 rings (SSSR count). The van der Waals surface area contributed by atoms with E-state index in [1.54, 1.807) is 0 Å². The number of hydrogen-bond donors (Lipinski definition) is 1. The average molecular weight is 406 g/mol. The van der Waals surface area contributed by atoms with Crippen LogP contribution in [0.4, 0.5) is 0 Å². The summed E-state index contributed by atoms with van der Waals surface area (Å²) in [4.78, 5) is 2.78. The van der Waals surface area contributed by atoms with Crippen LogP contribution in [-0.2, 0) is 11.8 Å². The number of aromatic nitrogens is 4. The Labute approximate surface area is 177 Å². The molecule has 1 saturated carbocycles. The maximum atomic E-state index is 5.57. The van der Waals surface area contributed by atoms with E-state index in [1.807, 2.05) is 24.1 Å². The molecule has 6 heteroatoms. The minimum Gasteiger partial charge on any atom is -0.381 e. The number of fused-ring (bicyclic) bond motifs is 2. The predicted molar refractivity (Wildman–Crippen MR) is 117 cm³/mol. The van der Waals surface area contributed by atoms with E-state index < -0.39 is 0 Å². The van der Waals surface area contributed by atoms with Gasteiger partial charge in [-0.05, 0) is 73.6 Å². The molecule has 3 aromatic rings. The van der Waals surface area contributed by atoms with E-state index >= 15 is 0 Å². The second kappa shape index (κ2) is 7.20. The molecule has 158 valence electrons. The van der Waals surface area contributed by atoms with Crippen molar-refractivity contribution in [3.8, 4) is 11.3 Å². The first kappa shape index (κ1) is 18.6. The van der Waals surface area contributed by atoms with Crippen LogP contribution < -0.4 is 0 Å². The van der Waals surface area contributed by atoms with Gasteiger partial charge in [-0.2, -0.15) is 10.2 Å². The van der Waals surface area contributed by atoms with Crippen molar-refractivity contribution in [2.24, 2.45) is 18.9 Å². The summed E-state index contributed by atoms with van der Waals surface area (Å²) in [5, 5.41) is 13.4. The quantitative estimate of drug-likeness (QED) is 0.719. The minimum atomic E-state index is 0.679. The molecular formula is C24H31N5O. The smallest absolute Gasteiger partial charge is 0.103 e. The molecule has 1 aromatic carbocycles. The number of aryl methyl sites for hydroxylation is 2. The van der Waals surface area contributed by atoms with Crippen LogP contribution in [0.1, 0.15) is 42.7 Å². The molecule has 6 nitrogen and oxygen atoms in total. The standard InChI is InChI=1S/C24H31N5O/c1-15-7-23-22(24(27-26-23)19-11-25-28(2)12-19)10-21(15)16-8-17-13-29(14-18(17)9-16)20-3-5-30-6-4-20/h7,10-12,16-18,20H,3-6,8-9,13-14H2,1-2H3,(H,26,27)/t16?,17-,18+. The first-order chi connectivity index (χ1) is 14.7. The lowest BCUT2D eigenvalue weighted by atomic mass is 9.90. The first-order valence-electron chi connectivity index (χ1n) is 11.4. The Morgan fingerprint density at radius 3 is 2.57 bits per heavy atom. The molecule has 0 spiro atoms. The number of ether oxygens (including phenoxy) is 1. The predicted octanol–water partition coefficient (Wildman–Crippen LogP) is 3.88. The second-order valence-electron chi connectivity index (χ2n) is 9.72. The van der Waals surface area contributed by atoms with Crippen molar-refractivity contribution in [1.82, 2.24) is 24.9 Å². The molecule has 2 aromatic heterocycles. The monoisotopic (exact) mass is 405 g/mol. The largest absolute Gasteiger partial charge is 0.381 e. The summed E-state index contributed by atoms with van der Waals surface area (Å²) in [5.41, 5.74) is 6.15. The van der Waals surface area contributed by atoms with Gasteiger partial charge in [0.05, 0.1) is 11.7 Å². The van der Waals surface area contributed by atoms with E-state index in [1.165, 1.54) is 55.3 Å². The molecule has 2 saturated heterocycles. The summed E-state index contributed by atoms with van der Waals surface area (Å²) >= 11 is 0. The van der Waals surface area contributed by atoms with Crippen LogP contribution >= 0.6 is 0 Å². The molecule has 3 atom stereocenters. The second-order valence-corrected chi connectivity index (χ2v) is 9.72. The number of benzene rings is 1. The Hall–Kier alpha value is -2.18. The molecule has 1 unspecified atom stereocenters. The Morgan fingerprint density at radius 2 is 1.87 bits per heavy atom. The van der Waals surface area contributed by atoms with Gasteiger partial charge >= 0.3 is 0 Å². The molecule has 0 radical (unpaired) electrons. The molecule has 30 heavy (non-hydrogen) atoms. The van der Waals surface area contributed by atoms with Crippen molar-refractivity contribution >= 4 is 10.9 Å². The van der Waals surface area contributed by atoms with Crippen LogP contribution in [-0.4, -0.2) is 57.2 Å². The van der Waals surface area contributed by atoms with Gasteiger partial charge in [-0.15, -0.1) is 0 Å². The highest BCUT2D eigenvalue weighted by Gasteiger charge is 2.43. The van der Waals surface area contributed by atoms with Gasteiger partial charge in [-0.1, -0.05) is 0 Å². The summed E-state index contributed by atoms with van der Waals surface area (Å²) in [6.07, 6.45) is 9.04. The van der Waals surface area contributed by atoms with Crippen LogP contribution in [0.15, 0.2) is 24.5 Å². The summed E-state index contributed by atoms with van der Waals surface area (Å²) in [6.45, 7) is 6.74. The average Bonchev–Trinajstić information content (AvgIpc) is 3.50. The molecule has 4 heterocycles. The molecule has 1 aliphatic carbocycles. The van der Waals surface area contributed by atoms with Crippen LogP contribution in [0.25, 0.3) is 22.2 Å². The van der Waals surface area contributed by atoms with E-state index in [-0.39, 0.29) is 0 Å². The number of hydrogen-bond acceptors (Lipinski definition) is 4. The number of H-pyrrole nitrogens is 1. The van der Waals surface area contributed by atoms with Crippen molar-refractivity contribution in [1.29, 1.82) is 0 Å². The molecule has 1 N–H and O–H groups in total. The van der Waals surface area contributed by atoms with E-state index in [0.29, 0.717) is 5.92 Å². The summed E-state index contributed by atoms with van der Waals surface area (Å²) in [6, 6.07) is 5.46. The molecule has 3 aliphatic rings. The van der Waals surface area contributed by atoms with E-state index in [4.69, 9.17) is 4.74 Å². The Kier molecular flexibility index (Phi) is 4.46. The highest BCUT2D eigenvalue weighted by atomic mass is 16.5. The number of nitrogens with zero attached hydrogens (tertiary/aromatic N) is 4. The molecular weight excluding hydrogens is 374 g/mol. The molecule has 3 fully saturated rings. The number of rotatable bonds is 3. The van der Waals surface area contributed by atoms with Crippen molar-refractivity contribution in [3.05, 3.63) is 35.7 Å². The number of nitrogens with one attached hydrogen (secondary N) is 1. The van der Waals surface area contributed by atoms with Gasteiger partial charge < -0.3 is 4.74 Å². The van der Waals surface area contributed by atoms with Gasteiger partial charge in [0, 0.05) is 56.5 Å². The van der Waals surface area contributed by atoms with Crippen molar-refractivity contribution in [3.63, 3.8) is 0 Å². The zero-order valence-electron chi connectivity index (χ0n) is 18.0. The van der Waals surface area contributed by atoms with Gasteiger partial charge in [0.1, 0.15) is 5.69 Å². The highest BCUT2D eigenvalue weighted by molar-refractivity contribution is 5.93. The Balaban J connectivity index is 1.24. The zero-order chi connectivity index (χ0) is 20.2. The Morgan fingerprint density at radius 1 is 1.10 bits per heavy atom. The highest BCUT2D eigenvalue weighted by Crippen LogP contribution is 2.48. The van der Waals surface area contributed by atoms with Crippen LogP contribution in [0.5, 0.6) is 0 Å². The van der Waals surface area contributed by atoms with Crippen molar-refractivity contribution < 1.29 is 4.74 Å². The van der Waals surface area contributed by atoms with Gasteiger partial charge in [0.15, 0.2) is 0 Å². The summed E-state index contributed by atoms with van der Waals surface area (Å²) in [5.74, 6) is 2.39. The van der Waals surface area contributed by atoms with Gasteiger partial charge in [-0.3, -0.25) is 14.7 Å². The lowest BCUT2D eigenvalue weighted by Crippen LogP contribution is -2.38. The lowest BCUT2D eigenvalue weighted by molar-refractivity contribution is 0.0395. The summed E-state index contributed by atoms with van der Waals surface area (Å²) in [7, 11) is 1.95. The fourth-order valence-corrected chi connectivity index (χ4v) is 6.33. The summed E-state index contributed by atoms with van der Waals surface area (Å²) < 4.78 is 7.41. The fourth-order valence-electron chi connectivity index (χ4n) is 6.33. The molecule has 0 bridgehead atoms. The third-order valence-electron chi connectivity index (χ3n) is 7.85. The van der Waals surface area contributed by atoms with Crippen molar-refractivity contribution in [2.45, 2.75) is 44.6 Å². The van der Waals surface area contributed by atoms with E-state index in [9.17, 15) is 0 Å². The fraction of sp³-hybridized carbons (Fsp3) is 0.583. The molecule has 2 aliphatic heterocycles. The number of likely N-dealkylation sites (tertiary alicyclic amines) is 1. The Bertz CT molecular complexity index is 1050. The minimum absolute atomic E-state index is 0.679. The van der Waals surface area contributed by atoms with Crippen LogP contribution in [0.2, 0.25) is 0 Å². The maximum absolute atomic E-state index is 5.57. The van der Waals surface area contributed by atoms with Crippen molar-refractivity contribution in [2.75, 3.05) is 26.3 Å². The molecule has 0 amide bonds. The lowest BCUT2D eigenvalue weighted by Gasteiger charge is -2.32. The SMILES string of the molecule is Cc1cc2[nH]nc(-c3cnn(C)c3)c2cc1C1C[C@@H]2CN(C3CCOCC3)C[C@@H]2C1. The van der Waals surface area contributed by atoms with Gasteiger partial charge in [0.25, 0.3) is 0 Å². The normalized spacial score (nSPS) is 27.9. The van der Waals surface area contributed by atoms with Gasteiger partial charge in [-0.25, -0.2) is 0 Å². The van der Waals surface area contributed by atoms with E-state index in [0.717, 1.165) is 47.9 Å². The van der Waals surface area contributed by atoms with Crippen LogP contribution in [0, 0.1) is 18.8 Å². The topological polar surface area (TPSA) is 59.0 Å². The maximum Gasteiger partial charge on any atom is 0.103 e. The van der Waals surface area contributed by atoms with Gasteiger partial charge in [0.2, 0.25) is 0 Å².